The van der Waals surface area contributed by atoms with Gasteiger partial charge in [-0.3, -0.25) is 24.9 Å². The van der Waals surface area contributed by atoms with Gasteiger partial charge in [-0.2, -0.15) is 0 Å². The molecule has 10 nitrogen and oxygen atoms in total. The summed E-state index contributed by atoms with van der Waals surface area (Å²) in [5.41, 5.74) is 6.66. The Hall–Kier alpha value is -3.67. The zero-order chi connectivity index (χ0) is 34.7. The molecular formula is C38H53N5O5. The lowest BCUT2D eigenvalue weighted by atomic mass is 9.89. The highest BCUT2D eigenvalue weighted by atomic mass is 16.3. The number of rotatable bonds is 11. The zero-order valence-electron chi connectivity index (χ0n) is 28.8. The fourth-order valence-electron chi connectivity index (χ4n) is 6.40. The molecule has 10 heteroatoms. The second-order valence-corrected chi connectivity index (χ2v) is 13.9. The second-order valence-electron chi connectivity index (χ2n) is 13.9. The Morgan fingerprint density at radius 1 is 1.00 bits per heavy atom. The van der Waals surface area contributed by atoms with E-state index in [1.807, 2.05) is 92.6 Å². The normalized spacial score (nSPS) is 20.9. The van der Waals surface area contributed by atoms with Crippen LogP contribution in [0, 0.1) is 11.3 Å². The molecule has 5 rings (SSSR count). The first kappa shape index (κ1) is 37.2. The summed E-state index contributed by atoms with van der Waals surface area (Å²) in [7, 11) is 0. The van der Waals surface area contributed by atoms with Crippen LogP contribution in [-0.4, -0.2) is 86.5 Å². The number of piperazine rings is 1. The number of nitrogens with zero attached hydrogens (tertiary/aromatic N) is 3. The van der Waals surface area contributed by atoms with Gasteiger partial charge in [-0.1, -0.05) is 81.4 Å². The highest BCUT2D eigenvalue weighted by molar-refractivity contribution is 5.81. The smallest absolute Gasteiger partial charge is 0.239 e. The van der Waals surface area contributed by atoms with Gasteiger partial charge in [0.2, 0.25) is 11.8 Å². The summed E-state index contributed by atoms with van der Waals surface area (Å²) in [4.78, 5) is 33.4. The fourth-order valence-corrected chi connectivity index (χ4v) is 6.40. The van der Waals surface area contributed by atoms with Crippen LogP contribution < -0.4 is 10.7 Å². The number of hydrogen-bond donors (Lipinski definition) is 5. The molecule has 1 aromatic heterocycles. The fraction of sp³-hybridized carbons (Fsp3) is 0.500. The molecule has 0 unspecified atom stereocenters. The van der Waals surface area contributed by atoms with Gasteiger partial charge < -0.3 is 20.6 Å². The highest BCUT2D eigenvalue weighted by Gasteiger charge is 2.36. The van der Waals surface area contributed by atoms with Crippen LogP contribution in [0.2, 0.25) is 0 Å². The Morgan fingerprint density at radius 3 is 2.38 bits per heavy atom. The van der Waals surface area contributed by atoms with Gasteiger partial charge in [0.05, 0.1) is 18.2 Å². The van der Waals surface area contributed by atoms with Crippen molar-refractivity contribution in [3.8, 4) is 0 Å². The van der Waals surface area contributed by atoms with Gasteiger partial charge in [0.1, 0.15) is 0 Å². The molecule has 0 bridgehead atoms. The van der Waals surface area contributed by atoms with Gasteiger partial charge in [-0.15, -0.1) is 0 Å². The van der Waals surface area contributed by atoms with Gasteiger partial charge in [0.15, 0.2) is 0 Å². The number of hydrazine groups is 1. The van der Waals surface area contributed by atoms with Crippen molar-refractivity contribution >= 4 is 11.8 Å². The number of aliphatic hydroxyl groups is 3. The molecule has 2 heterocycles. The van der Waals surface area contributed by atoms with Crippen LogP contribution in [0.3, 0.4) is 0 Å². The van der Waals surface area contributed by atoms with E-state index in [9.17, 15) is 19.8 Å². The van der Waals surface area contributed by atoms with Crippen LogP contribution in [0.25, 0.3) is 0 Å². The van der Waals surface area contributed by atoms with Crippen molar-refractivity contribution in [3.63, 3.8) is 0 Å². The topological polar surface area (TPSA) is 138 Å². The van der Waals surface area contributed by atoms with Crippen LogP contribution >= 0.6 is 0 Å². The van der Waals surface area contributed by atoms with Crippen molar-refractivity contribution in [1.29, 1.82) is 0 Å². The number of carbonyl (C=O) groups excluding carboxylic acids is 2. The van der Waals surface area contributed by atoms with Crippen molar-refractivity contribution in [1.82, 2.24) is 25.6 Å². The van der Waals surface area contributed by atoms with E-state index in [4.69, 9.17) is 5.11 Å². The second kappa shape index (κ2) is 17.6. The minimum Gasteiger partial charge on any atom is -0.397 e. The van der Waals surface area contributed by atoms with Crippen molar-refractivity contribution in [2.75, 3.05) is 26.2 Å². The van der Waals surface area contributed by atoms with Crippen molar-refractivity contribution in [2.45, 2.75) is 84.2 Å². The maximum absolute atomic E-state index is 13.8. The molecule has 2 aliphatic rings. The lowest BCUT2D eigenvalue weighted by Gasteiger charge is -2.43. The molecule has 260 valence electrons. The predicted octanol–water partition coefficient (Wildman–Crippen LogP) is 3.42. The number of nitrogens with one attached hydrogen (secondary N) is 2. The molecular weight excluding hydrogens is 606 g/mol. The number of fused-ring (bicyclic) bond motifs is 1. The third-order valence-electron chi connectivity index (χ3n) is 8.92. The van der Waals surface area contributed by atoms with E-state index < -0.39 is 29.6 Å². The number of hydrogen-bond acceptors (Lipinski definition) is 8. The molecule has 48 heavy (non-hydrogen) atoms. The van der Waals surface area contributed by atoms with Crippen LogP contribution in [0.15, 0.2) is 79.1 Å². The number of carbonyl (C=O) groups is 2. The van der Waals surface area contributed by atoms with E-state index in [1.165, 1.54) is 0 Å². The third-order valence-corrected chi connectivity index (χ3v) is 8.92. The first-order valence-electron chi connectivity index (χ1n) is 17.1. The molecule has 1 fully saturated rings. The number of aliphatic hydroxyl groups excluding tert-OH is 3. The van der Waals surface area contributed by atoms with Crippen LogP contribution in [-0.2, 0) is 29.0 Å². The van der Waals surface area contributed by atoms with E-state index >= 15 is 0 Å². The Labute approximate surface area is 285 Å². The first-order chi connectivity index (χ1) is 23.0. The van der Waals surface area contributed by atoms with Crippen LogP contribution in [0.4, 0.5) is 0 Å². The molecule has 2 amide bonds. The molecule has 1 aliphatic carbocycles. The number of amides is 2. The van der Waals surface area contributed by atoms with Crippen LogP contribution in [0.5, 0.6) is 0 Å². The van der Waals surface area contributed by atoms with E-state index in [0.717, 1.165) is 35.3 Å². The summed E-state index contributed by atoms with van der Waals surface area (Å²) in [5.74, 6) is -0.757. The van der Waals surface area contributed by atoms with E-state index in [-0.39, 0.29) is 30.9 Å². The summed E-state index contributed by atoms with van der Waals surface area (Å²) in [5, 5.41) is 35.0. The van der Waals surface area contributed by atoms with Gasteiger partial charge in [0, 0.05) is 69.0 Å². The predicted molar refractivity (Wildman–Crippen MR) is 186 cm³/mol. The SMILES string of the molecule is CC(C)(C)C(=O)NN1CCN(Cc2cccnc2)C[C@@H]1C[C@@H](O)C[C@@H](Cc1ccccc1)C(=O)N[C@H]1c2ccccc2C[C@H]1O.CCO. The molecule has 5 atom stereocenters. The summed E-state index contributed by atoms with van der Waals surface area (Å²) >= 11 is 0. The lowest BCUT2D eigenvalue weighted by molar-refractivity contribution is -0.137. The van der Waals surface area contributed by atoms with Crippen molar-refractivity contribution in [2.24, 2.45) is 11.3 Å². The molecule has 1 aliphatic heterocycles. The highest BCUT2D eigenvalue weighted by Crippen LogP contribution is 2.32. The van der Waals surface area contributed by atoms with E-state index in [0.29, 0.717) is 32.4 Å². The average molecular weight is 660 g/mol. The number of benzene rings is 2. The number of pyridine rings is 1. The Kier molecular flexibility index (Phi) is 13.7. The van der Waals surface area contributed by atoms with Crippen molar-refractivity contribution < 1.29 is 24.9 Å². The lowest BCUT2D eigenvalue weighted by Crippen LogP contribution is -2.61. The Bertz CT molecular complexity index is 1430. The molecule has 2 aromatic carbocycles. The maximum atomic E-state index is 13.8. The van der Waals surface area contributed by atoms with Gasteiger partial charge in [-0.05, 0) is 54.5 Å². The number of aromatic nitrogens is 1. The summed E-state index contributed by atoms with van der Waals surface area (Å²) in [6, 6.07) is 21.0. The zero-order valence-corrected chi connectivity index (χ0v) is 28.8. The molecule has 1 saturated heterocycles. The third kappa shape index (κ3) is 10.7. The van der Waals surface area contributed by atoms with Gasteiger partial charge in [0.25, 0.3) is 0 Å². The molecule has 3 aromatic rings. The first-order valence-corrected chi connectivity index (χ1v) is 17.1. The molecule has 0 saturated carbocycles. The van der Waals surface area contributed by atoms with Crippen LogP contribution in [0.1, 0.15) is 68.8 Å². The van der Waals surface area contributed by atoms with Gasteiger partial charge in [-0.25, -0.2) is 5.01 Å². The Morgan fingerprint density at radius 2 is 1.69 bits per heavy atom. The summed E-state index contributed by atoms with van der Waals surface area (Å²) < 4.78 is 0. The van der Waals surface area contributed by atoms with Gasteiger partial charge >= 0.3 is 0 Å². The maximum Gasteiger partial charge on any atom is 0.239 e. The largest absolute Gasteiger partial charge is 0.397 e. The van der Waals surface area contributed by atoms with E-state index in [2.05, 4.69) is 26.7 Å². The molecule has 0 spiro atoms. The molecule has 5 N–H and O–H groups in total. The van der Waals surface area contributed by atoms with E-state index in [1.54, 1.807) is 13.1 Å². The average Bonchev–Trinajstić information content (AvgIpc) is 3.37. The summed E-state index contributed by atoms with van der Waals surface area (Å²) in [6.07, 6.45) is 3.76. The van der Waals surface area contributed by atoms with Crippen molar-refractivity contribution in [3.05, 3.63) is 101 Å². The summed E-state index contributed by atoms with van der Waals surface area (Å²) in [6.45, 7) is 10.3. The monoisotopic (exact) mass is 659 g/mol. The standard InChI is InChI=1S/C36H47N5O4.C2H6O/c1-36(2,3)35(45)39-41-17-16-40(23-26-12-9-15-37-22-26)24-29(41)21-30(42)19-28(18-25-10-5-4-6-11-25)34(44)38-33-31-14-8-7-13-27(31)20-32(33)43;1-2-3/h4-15,22,28-30,32-33,42-43H,16-21,23-24H2,1-3H3,(H,38,44)(H,39,45);3H,2H2,1H3/t28-,29+,30+,32-,33+;/m1./s1. The quantitative estimate of drug-likeness (QED) is 0.211. The minimum atomic E-state index is -0.789. The minimum absolute atomic E-state index is 0.0700. The Balaban J connectivity index is 0.00000167. The molecule has 0 radical (unpaired) electrons.